The molecule has 1 unspecified atom stereocenters. The minimum absolute atomic E-state index is 0.0226. The lowest BCUT2D eigenvalue weighted by Crippen LogP contribution is -2.33. The predicted molar refractivity (Wildman–Crippen MR) is 128 cm³/mol. The Morgan fingerprint density at radius 2 is 2.06 bits per heavy atom. The van der Waals surface area contributed by atoms with E-state index in [2.05, 4.69) is 29.2 Å². The Kier molecular flexibility index (Phi) is 6.95. The highest BCUT2D eigenvalue weighted by molar-refractivity contribution is 7.99. The molecule has 3 aromatic rings. The van der Waals surface area contributed by atoms with Gasteiger partial charge in [-0.25, -0.2) is 9.67 Å². The van der Waals surface area contributed by atoms with Crippen LogP contribution in [0.1, 0.15) is 38.3 Å². The van der Waals surface area contributed by atoms with Gasteiger partial charge in [0.1, 0.15) is 5.39 Å². The van der Waals surface area contributed by atoms with Crippen LogP contribution in [0.4, 0.5) is 0 Å². The van der Waals surface area contributed by atoms with Gasteiger partial charge in [-0.15, -0.1) is 0 Å². The molecule has 1 amide bonds. The number of hydrogen-bond donors (Lipinski definition) is 1. The second kappa shape index (κ2) is 9.87. The van der Waals surface area contributed by atoms with E-state index in [0.717, 1.165) is 37.3 Å². The number of carbonyl (C=O) groups is 1. The van der Waals surface area contributed by atoms with E-state index in [1.54, 1.807) is 15.4 Å². The number of carbonyl (C=O) groups excluding carboxylic acids is 1. The molecule has 1 aliphatic heterocycles. The summed E-state index contributed by atoms with van der Waals surface area (Å²) in [5.74, 6) is 0.644. The third-order valence-electron chi connectivity index (χ3n) is 6.00. The van der Waals surface area contributed by atoms with Gasteiger partial charge < -0.3 is 10.2 Å². The maximum absolute atomic E-state index is 13.3. The summed E-state index contributed by atoms with van der Waals surface area (Å²) >= 11 is 1.52. The Morgan fingerprint density at radius 1 is 1.28 bits per heavy atom. The number of nitrogens with zero attached hydrogens (tertiary/aromatic N) is 5. The first-order chi connectivity index (χ1) is 15.5. The zero-order valence-corrected chi connectivity index (χ0v) is 19.7. The van der Waals surface area contributed by atoms with Crippen molar-refractivity contribution in [1.29, 1.82) is 0 Å². The number of benzene rings is 1. The quantitative estimate of drug-likeness (QED) is 0.395. The molecule has 0 aliphatic carbocycles. The van der Waals surface area contributed by atoms with Gasteiger partial charge in [0, 0.05) is 18.7 Å². The maximum atomic E-state index is 13.3. The van der Waals surface area contributed by atoms with Gasteiger partial charge in [-0.1, -0.05) is 43.8 Å². The molecule has 4 rings (SSSR count). The fourth-order valence-electron chi connectivity index (χ4n) is 4.11. The molecular formula is C23H30N6O2S. The summed E-state index contributed by atoms with van der Waals surface area (Å²) < 4.78 is 3.40. The molecule has 1 aliphatic rings. The van der Waals surface area contributed by atoms with E-state index >= 15 is 0 Å². The normalized spacial score (nSPS) is 15.4. The zero-order valence-electron chi connectivity index (χ0n) is 18.9. The van der Waals surface area contributed by atoms with Crippen LogP contribution in [0.5, 0.6) is 0 Å². The molecule has 0 saturated heterocycles. The smallest absolute Gasteiger partial charge is 0.265 e. The van der Waals surface area contributed by atoms with E-state index < -0.39 is 0 Å². The van der Waals surface area contributed by atoms with Crippen molar-refractivity contribution in [1.82, 2.24) is 29.5 Å². The van der Waals surface area contributed by atoms with Crippen LogP contribution in [-0.2, 0) is 4.79 Å². The number of fused-ring (bicyclic) bond motifs is 2. The van der Waals surface area contributed by atoms with Crippen LogP contribution in [0.15, 0.2) is 40.4 Å². The first-order valence-corrected chi connectivity index (χ1v) is 12.2. The molecular weight excluding hydrogens is 424 g/mol. The summed E-state index contributed by atoms with van der Waals surface area (Å²) in [4.78, 5) is 32.9. The first-order valence-electron chi connectivity index (χ1n) is 11.2. The molecule has 3 heterocycles. The highest BCUT2D eigenvalue weighted by atomic mass is 32.2. The largest absolute Gasteiger partial charge is 0.356 e. The molecule has 8 nitrogen and oxygen atoms in total. The van der Waals surface area contributed by atoms with Crippen molar-refractivity contribution in [3.05, 3.63) is 46.4 Å². The average molecular weight is 455 g/mol. The minimum atomic E-state index is -0.191. The number of hydrogen-bond acceptors (Lipinski definition) is 6. The van der Waals surface area contributed by atoms with Crippen molar-refractivity contribution in [2.45, 2.75) is 44.8 Å². The van der Waals surface area contributed by atoms with Gasteiger partial charge in [-0.2, -0.15) is 5.10 Å². The van der Waals surface area contributed by atoms with Gasteiger partial charge in [0.15, 0.2) is 10.8 Å². The van der Waals surface area contributed by atoms with E-state index in [4.69, 9.17) is 4.98 Å². The number of amides is 1. The lowest BCUT2D eigenvalue weighted by atomic mass is 10.2. The third kappa shape index (κ3) is 4.45. The summed E-state index contributed by atoms with van der Waals surface area (Å²) in [5, 5.41) is 8.57. The molecule has 1 aromatic carbocycles. The van der Waals surface area contributed by atoms with Crippen LogP contribution >= 0.6 is 11.8 Å². The molecule has 32 heavy (non-hydrogen) atoms. The van der Waals surface area contributed by atoms with E-state index in [1.807, 2.05) is 31.2 Å². The van der Waals surface area contributed by atoms with E-state index in [-0.39, 0.29) is 23.9 Å². The molecule has 2 aromatic heterocycles. The molecule has 0 spiro atoms. The van der Waals surface area contributed by atoms with Crippen LogP contribution in [0.2, 0.25) is 0 Å². The number of aryl methyl sites for hydroxylation is 1. The lowest BCUT2D eigenvalue weighted by molar-refractivity contribution is -0.121. The van der Waals surface area contributed by atoms with Crippen LogP contribution in [0.3, 0.4) is 0 Å². The molecule has 170 valence electrons. The topological polar surface area (TPSA) is 85.1 Å². The highest BCUT2D eigenvalue weighted by Crippen LogP contribution is 2.33. The second-order valence-electron chi connectivity index (χ2n) is 8.05. The zero-order chi connectivity index (χ0) is 22.7. The molecule has 0 bridgehead atoms. The van der Waals surface area contributed by atoms with E-state index in [9.17, 15) is 9.59 Å². The number of thioether (sulfide) groups is 1. The number of aromatic nitrogens is 4. The summed E-state index contributed by atoms with van der Waals surface area (Å²) in [7, 11) is 0. The van der Waals surface area contributed by atoms with Crippen molar-refractivity contribution in [2.24, 2.45) is 0 Å². The van der Waals surface area contributed by atoms with Crippen molar-refractivity contribution >= 4 is 28.7 Å². The molecule has 0 fully saturated rings. The predicted octanol–water partition coefficient (Wildman–Crippen LogP) is 2.78. The van der Waals surface area contributed by atoms with Gasteiger partial charge in [-0.05, 0) is 44.6 Å². The van der Waals surface area contributed by atoms with Crippen LogP contribution < -0.4 is 10.9 Å². The monoisotopic (exact) mass is 454 g/mol. The van der Waals surface area contributed by atoms with Gasteiger partial charge >= 0.3 is 0 Å². The van der Waals surface area contributed by atoms with Crippen molar-refractivity contribution < 1.29 is 4.79 Å². The average Bonchev–Trinajstić information content (AvgIpc) is 3.39. The van der Waals surface area contributed by atoms with Gasteiger partial charge in [0.05, 0.1) is 17.9 Å². The molecule has 0 saturated carbocycles. The summed E-state index contributed by atoms with van der Waals surface area (Å²) in [6.07, 6.45) is 2.78. The third-order valence-corrected chi connectivity index (χ3v) is 7.10. The van der Waals surface area contributed by atoms with Gasteiger partial charge in [0.25, 0.3) is 5.56 Å². The van der Waals surface area contributed by atoms with E-state index in [1.165, 1.54) is 11.8 Å². The lowest BCUT2D eigenvalue weighted by Gasteiger charge is -2.18. The van der Waals surface area contributed by atoms with Crippen LogP contribution in [0, 0.1) is 6.92 Å². The molecule has 9 heteroatoms. The Balaban J connectivity index is 1.49. The standard InChI is InChI=1S/C23H30N6O2S/c1-4-27(5-2)12-8-11-24-20(30)13-17-15-32-23-26-21-18(22(31)28(17)23)14-25-29(21)19-10-7-6-9-16(19)3/h6-7,9-10,14,17H,4-5,8,11-13,15H2,1-3H3,(H,24,30). The van der Waals surface area contributed by atoms with Crippen molar-refractivity contribution in [3.63, 3.8) is 0 Å². The summed E-state index contributed by atoms with van der Waals surface area (Å²) in [6.45, 7) is 9.96. The highest BCUT2D eigenvalue weighted by Gasteiger charge is 2.29. The number of nitrogens with one attached hydrogen (secondary N) is 1. The van der Waals surface area contributed by atoms with Crippen molar-refractivity contribution in [2.75, 3.05) is 31.9 Å². The Bertz CT molecular complexity index is 1170. The number of para-hydroxylation sites is 1. The van der Waals surface area contributed by atoms with E-state index in [0.29, 0.717) is 28.5 Å². The van der Waals surface area contributed by atoms with Crippen LogP contribution in [-0.4, -0.2) is 62.1 Å². The molecule has 1 N–H and O–H groups in total. The molecule has 0 radical (unpaired) electrons. The van der Waals surface area contributed by atoms with Crippen molar-refractivity contribution in [3.8, 4) is 5.69 Å². The Labute approximate surface area is 192 Å². The van der Waals surface area contributed by atoms with Crippen LogP contribution in [0.25, 0.3) is 16.7 Å². The Morgan fingerprint density at radius 3 is 2.81 bits per heavy atom. The maximum Gasteiger partial charge on any atom is 0.265 e. The van der Waals surface area contributed by atoms with Gasteiger partial charge in [0.2, 0.25) is 5.91 Å². The minimum Gasteiger partial charge on any atom is -0.356 e. The fourth-order valence-corrected chi connectivity index (χ4v) is 5.25. The second-order valence-corrected chi connectivity index (χ2v) is 9.04. The fraction of sp³-hybridized carbons (Fsp3) is 0.478. The van der Waals surface area contributed by atoms with Gasteiger partial charge in [-0.3, -0.25) is 14.2 Å². The summed E-state index contributed by atoms with van der Waals surface area (Å²) in [5.41, 5.74) is 2.39. The Hall–Kier alpha value is -2.65. The summed E-state index contributed by atoms with van der Waals surface area (Å²) in [6, 6.07) is 7.70. The number of rotatable bonds is 9. The first kappa shape index (κ1) is 22.5. The SMILES string of the molecule is CCN(CC)CCCNC(=O)CC1CSc2nc3c(cnn3-c3ccccc3C)c(=O)n21. The molecule has 1 atom stereocenters.